The lowest BCUT2D eigenvalue weighted by atomic mass is 9.73. The topological polar surface area (TPSA) is 58.9 Å². The Balaban J connectivity index is 1.26. The van der Waals surface area contributed by atoms with Gasteiger partial charge in [0.15, 0.2) is 5.82 Å². The predicted molar refractivity (Wildman–Crippen MR) is 118 cm³/mol. The molecule has 6 nitrogen and oxygen atoms in total. The summed E-state index contributed by atoms with van der Waals surface area (Å²) in [6.45, 7) is 4.54. The van der Waals surface area contributed by atoms with Gasteiger partial charge in [0.2, 0.25) is 0 Å². The predicted octanol–water partition coefficient (Wildman–Crippen LogP) is 4.05. The molecule has 156 valence electrons. The quantitative estimate of drug-likeness (QED) is 0.595. The summed E-state index contributed by atoms with van der Waals surface area (Å²) < 4.78 is 19.8. The minimum Gasteiger partial charge on any atom is -0.355 e. The summed E-state index contributed by atoms with van der Waals surface area (Å²) in [6.07, 6.45) is 9.40. The Kier molecular flexibility index (Phi) is 5.20. The van der Waals surface area contributed by atoms with Crippen molar-refractivity contribution < 1.29 is 4.39 Å². The van der Waals surface area contributed by atoms with Gasteiger partial charge < -0.3 is 9.47 Å². The molecule has 5 heterocycles. The van der Waals surface area contributed by atoms with E-state index in [1.807, 2.05) is 0 Å². The van der Waals surface area contributed by atoms with Crippen LogP contribution in [0.2, 0.25) is 0 Å². The molecule has 0 unspecified atom stereocenters. The summed E-state index contributed by atoms with van der Waals surface area (Å²) in [6, 6.07) is 6.21. The van der Waals surface area contributed by atoms with E-state index in [0.717, 1.165) is 38.3 Å². The monoisotopic (exact) mass is 442 g/mol. The van der Waals surface area contributed by atoms with Crippen LogP contribution >= 0.6 is 24.6 Å². The molecule has 30 heavy (non-hydrogen) atoms. The summed E-state index contributed by atoms with van der Waals surface area (Å²) in [5, 5.41) is 0.672. The first-order valence-corrected chi connectivity index (χ1v) is 11.3. The van der Waals surface area contributed by atoms with Gasteiger partial charge in [0.05, 0.1) is 29.0 Å². The van der Waals surface area contributed by atoms with Gasteiger partial charge in [0, 0.05) is 43.1 Å². The third kappa shape index (κ3) is 3.38. The Hall–Kier alpha value is -2.10. The Morgan fingerprint density at radius 3 is 2.77 bits per heavy atom. The summed E-state index contributed by atoms with van der Waals surface area (Å²) >= 11 is 5.69. The van der Waals surface area contributed by atoms with E-state index in [2.05, 4.69) is 60.3 Å². The van der Waals surface area contributed by atoms with Crippen molar-refractivity contribution in [1.29, 1.82) is 0 Å². The SMILES string of the molecule is Cc1nccc(Sc2cnc(N3CCC4(CC3)Cn3cccc3[C@H]4NS)cn2)c1F. The average molecular weight is 443 g/mol. The highest BCUT2D eigenvalue weighted by Crippen LogP contribution is 2.49. The van der Waals surface area contributed by atoms with Crippen LogP contribution in [0.25, 0.3) is 0 Å². The van der Waals surface area contributed by atoms with Crippen LogP contribution in [0.3, 0.4) is 0 Å². The number of halogens is 1. The van der Waals surface area contributed by atoms with Crippen LogP contribution in [0.4, 0.5) is 10.2 Å². The first-order valence-electron chi connectivity index (χ1n) is 10.0. The Morgan fingerprint density at radius 1 is 1.20 bits per heavy atom. The van der Waals surface area contributed by atoms with Gasteiger partial charge in [-0.05, 0) is 38.0 Å². The van der Waals surface area contributed by atoms with E-state index >= 15 is 0 Å². The molecule has 1 fully saturated rings. The molecule has 3 aromatic heterocycles. The molecular formula is C21H23FN6S2. The zero-order valence-electron chi connectivity index (χ0n) is 16.6. The van der Waals surface area contributed by atoms with E-state index in [4.69, 9.17) is 0 Å². The molecular weight excluding hydrogens is 419 g/mol. The van der Waals surface area contributed by atoms with Crippen molar-refractivity contribution in [2.45, 2.75) is 42.3 Å². The van der Waals surface area contributed by atoms with E-state index in [0.29, 0.717) is 15.6 Å². The molecule has 0 saturated carbocycles. The molecule has 2 aliphatic rings. The van der Waals surface area contributed by atoms with Crippen molar-refractivity contribution in [2.24, 2.45) is 5.41 Å². The molecule has 9 heteroatoms. The molecule has 1 spiro atoms. The zero-order valence-corrected chi connectivity index (χ0v) is 18.3. The lowest BCUT2D eigenvalue weighted by Gasteiger charge is -2.42. The number of pyridine rings is 1. The summed E-state index contributed by atoms with van der Waals surface area (Å²) in [4.78, 5) is 15.9. The van der Waals surface area contributed by atoms with Gasteiger partial charge in [0.1, 0.15) is 10.8 Å². The number of piperidine rings is 1. The van der Waals surface area contributed by atoms with Gasteiger partial charge in [-0.25, -0.2) is 14.4 Å². The number of aryl methyl sites for hydroxylation is 1. The van der Waals surface area contributed by atoms with Crippen LogP contribution in [0, 0.1) is 18.2 Å². The normalized spacial score (nSPS) is 20.0. The number of nitrogens with zero attached hydrogens (tertiary/aromatic N) is 5. The maximum absolute atomic E-state index is 14.2. The molecule has 3 aromatic rings. The fourth-order valence-corrected chi connectivity index (χ4v) is 5.86. The van der Waals surface area contributed by atoms with E-state index in [1.165, 1.54) is 17.5 Å². The van der Waals surface area contributed by atoms with Crippen LogP contribution in [-0.4, -0.2) is 32.6 Å². The molecule has 0 radical (unpaired) electrons. The van der Waals surface area contributed by atoms with Crippen LogP contribution in [-0.2, 0) is 6.54 Å². The molecule has 0 aliphatic carbocycles. The van der Waals surface area contributed by atoms with Crippen LogP contribution in [0.5, 0.6) is 0 Å². The molecule has 0 amide bonds. The summed E-state index contributed by atoms with van der Waals surface area (Å²) in [7, 11) is 0. The van der Waals surface area contributed by atoms with Crippen LogP contribution in [0.1, 0.15) is 30.3 Å². The van der Waals surface area contributed by atoms with Crippen molar-refractivity contribution >= 4 is 30.4 Å². The van der Waals surface area contributed by atoms with Crippen molar-refractivity contribution in [3.05, 3.63) is 60.2 Å². The Labute approximate surface area is 184 Å². The first-order chi connectivity index (χ1) is 14.6. The number of aromatic nitrogens is 4. The van der Waals surface area contributed by atoms with Crippen LogP contribution < -0.4 is 9.62 Å². The zero-order chi connectivity index (χ0) is 20.7. The molecule has 5 rings (SSSR count). The smallest absolute Gasteiger partial charge is 0.158 e. The van der Waals surface area contributed by atoms with Gasteiger partial charge in [-0.15, -0.1) is 0 Å². The summed E-state index contributed by atoms with van der Waals surface area (Å²) in [5.74, 6) is 0.567. The highest BCUT2D eigenvalue weighted by molar-refractivity contribution is 7.99. The van der Waals surface area contributed by atoms with Crippen molar-refractivity contribution in [3.8, 4) is 0 Å². The highest BCUT2D eigenvalue weighted by atomic mass is 32.2. The average Bonchev–Trinajstić information content (AvgIpc) is 3.31. The molecule has 2 aliphatic heterocycles. The minimum atomic E-state index is -0.302. The van der Waals surface area contributed by atoms with E-state index in [1.54, 1.807) is 31.6 Å². The second kappa shape index (κ2) is 7.86. The number of fused-ring (bicyclic) bond motifs is 1. The number of hydrogen-bond donors (Lipinski definition) is 2. The number of rotatable bonds is 4. The van der Waals surface area contributed by atoms with E-state index in [9.17, 15) is 4.39 Å². The fourth-order valence-electron chi connectivity index (χ4n) is 4.65. The Morgan fingerprint density at radius 2 is 2.03 bits per heavy atom. The van der Waals surface area contributed by atoms with E-state index < -0.39 is 0 Å². The largest absolute Gasteiger partial charge is 0.355 e. The highest BCUT2D eigenvalue weighted by Gasteiger charge is 2.47. The molecule has 1 atom stereocenters. The minimum absolute atomic E-state index is 0.189. The number of nitrogens with one attached hydrogen (secondary N) is 1. The van der Waals surface area contributed by atoms with Crippen molar-refractivity contribution in [3.63, 3.8) is 0 Å². The lowest BCUT2D eigenvalue weighted by molar-refractivity contribution is 0.166. The molecule has 0 aromatic carbocycles. The maximum Gasteiger partial charge on any atom is 0.158 e. The van der Waals surface area contributed by atoms with E-state index in [-0.39, 0.29) is 17.3 Å². The van der Waals surface area contributed by atoms with Gasteiger partial charge in [-0.3, -0.25) is 9.71 Å². The molecule has 0 bridgehead atoms. The van der Waals surface area contributed by atoms with Crippen molar-refractivity contribution in [2.75, 3.05) is 18.0 Å². The fraction of sp³-hybridized carbons (Fsp3) is 0.381. The second-order valence-electron chi connectivity index (χ2n) is 8.00. The number of hydrogen-bond acceptors (Lipinski definition) is 7. The lowest BCUT2D eigenvalue weighted by Crippen LogP contribution is -2.45. The standard InChI is InChI=1S/C21H23FN6S2/c1-14-19(22)16(4-7-23-14)30-18-12-24-17(11-25-18)27-9-5-21(6-10-27)13-28-8-2-3-15(28)20(21)26-29/h2-4,7-8,11-12,20,26,29H,5-6,9-10,13H2,1H3/t20-/m1/s1. The van der Waals surface area contributed by atoms with Gasteiger partial charge in [-0.2, -0.15) is 0 Å². The first kappa shape index (κ1) is 19.8. The molecule has 1 saturated heterocycles. The number of anilines is 1. The summed E-state index contributed by atoms with van der Waals surface area (Å²) in [5.41, 5.74) is 1.90. The third-order valence-electron chi connectivity index (χ3n) is 6.33. The Bertz CT molecular complexity index is 1050. The van der Waals surface area contributed by atoms with Gasteiger partial charge in [-0.1, -0.05) is 24.6 Å². The third-order valence-corrected chi connectivity index (χ3v) is 7.54. The maximum atomic E-state index is 14.2. The van der Waals surface area contributed by atoms with Gasteiger partial charge in [0.25, 0.3) is 0 Å². The van der Waals surface area contributed by atoms with Gasteiger partial charge >= 0.3 is 0 Å². The van der Waals surface area contributed by atoms with Crippen LogP contribution in [0.15, 0.2) is 52.9 Å². The molecule has 1 N–H and O–H groups in total. The second-order valence-corrected chi connectivity index (χ2v) is 9.32. The number of thiol groups is 1. The van der Waals surface area contributed by atoms with Crippen molar-refractivity contribution in [1.82, 2.24) is 24.2 Å².